The van der Waals surface area contributed by atoms with E-state index in [4.69, 9.17) is 10.5 Å². The predicted molar refractivity (Wildman–Crippen MR) is 113 cm³/mol. The zero-order valence-electron chi connectivity index (χ0n) is 15.6. The Kier molecular flexibility index (Phi) is 5.01. The normalized spacial score (nSPS) is 10.8. The second kappa shape index (κ2) is 7.76. The third-order valence-electron chi connectivity index (χ3n) is 4.43. The van der Waals surface area contributed by atoms with Crippen LogP contribution in [0.25, 0.3) is 22.0 Å². The van der Waals surface area contributed by atoms with Crippen molar-refractivity contribution < 1.29 is 14.3 Å². The first-order valence-electron chi connectivity index (χ1n) is 8.86. The molecule has 0 bridgehead atoms. The molecule has 146 valence electrons. The number of aromatic nitrogens is 2. The standard InChI is InChI=1S/C21H18N4O3S/c1-12(26)25-18-10-13(28-11-19-23-8-9-29-19)2-3-15(18)14-4-5-17(21(22)27)20-16(14)6-7-24-20/h2-10,24H,11H2,1H3,(H2,22,27)(H,25,26). The number of ether oxygens (including phenoxy) is 1. The number of H-pyrrole nitrogens is 1. The molecule has 0 saturated heterocycles. The summed E-state index contributed by atoms with van der Waals surface area (Å²) in [6.07, 6.45) is 3.48. The number of primary amides is 1. The van der Waals surface area contributed by atoms with Crippen molar-refractivity contribution in [2.75, 3.05) is 5.32 Å². The topological polar surface area (TPSA) is 110 Å². The Morgan fingerprint density at radius 1 is 1.21 bits per heavy atom. The molecule has 0 aliphatic carbocycles. The van der Waals surface area contributed by atoms with Crippen molar-refractivity contribution in [3.8, 4) is 16.9 Å². The SMILES string of the molecule is CC(=O)Nc1cc(OCc2nccs2)ccc1-c1ccc(C(N)=O)c2[nH]ccc12. The van der Waals surface area contributed by atoms with Gasteiger partial charge in [0, 0.05) is 41.7 Å². The number of nitrogens with two attached hydrogens (primary N) is 1. The summed E-state index contributed by atoms with van der Waals surface area (Å²) in [4.78, 5) is 30.8. The van der Waals surface area contributed by atoms with Crippen molar-refractivity contribution in [2.24, 2.45) is 5.73 Å². The van der Waals surface area contributed by atoms with Crippen molar-refractivity contribution in [3.63, 3.8) is 0 Å². The molecule has 0 radical (unpaired) electrons. The third kappa shape index (κ3) is 3.83. The first-order valence-corrected chi connectivity index (χ1v) is 9.74. The van der Waals surface area contributed by atoms with Gasteiger partial charge in [0.1, 0.15) is 17.4 Å². The molecule has 2 amide bonds. The van der Waals surface area contributed by atoms with Gasteiger partial charge in [-0.3, -0.25) is 9.59 Å². The van der Waals surface area contributed by atoms with E-state index >= 15 is 0 Å². The highest BCUT2D eigenvalue weighted by Gasteiger charge is 2.16. The molecule has 2 aromatic carbocycles. The van der Waals surface area contributed by atoms with Crippen LogP contribution in [0.1, 0.15) is 22.3 Å². The molecule has 7 nitrogen and oxygen atoms in total. The number of carbonyl (C=O) groups excluding carboxylic acids is 2. The molecule has 29 heavy (non-hydrogen) atoms. The molecule has 8 heteroatoms. The molecule has 0 fully saturated rings. The lowest BCUT2D eigenvalue weighted by Crippen LogP contribution is -2.11. The van der Waals surface area contributed by atoms with E-state index < -0.39 is 5.91 Å². The lowest BCUT2D eigenvalue weighted by atomic mass is 9.97. The van der Waals surface area contributed by atoms with Gasteiger partial charge in [0.15, 0.2) is 0 Å². The fourth-order valence-corrected chi connectivity index (χ4v) is 3.73. The molecule has 0 aliphatic heterocycles. The van der Waals surface area contributed by atoms with Gasteiger partial charge in [-0.05, 0) is 29.8 Å². The fraction of sp³-hybridized carbons (Fsp3) is 0.0952. The van der Waals surface area contributed by atoms with Crippen LogP contribution in [-0.2, 0) is 11.4 Å². The van der Waals surface area contributed by atoms with Gasteiger partial charge in [-0.1, -0.05) is 6.07 Å². The number of anilines is 1. The Bertz CT molecular complexity index is 1200. The Morgan fingerprint density at radius 2 is 2.03 bits per heavy atom. The van der Waals surface area contributed by atoms with Gasteiger partial charge in [0.05, 0.1) is 16.8 Å². The van der Waals surface area contributed by atoms with Crippen LogP contribution in [0.15, 0.2) is 54.2 Å². The highest BCUT2D eigenvalue weighted by Crippen LogP contribution is 2.37. The molecule has 4 N–H and O–H groups in total. The predicted octanol–water partition coefficient (Wildman–Crippen LogP) is 3.93. The van der Waals surface area contributed by atoms with E-state index in [1.165, 1.54) is 18.3 Å². The lowest BCUT2D eigenvalue weighted by Gasteiger charge is -2.14. The highest BCUT2D eigenvalue weighted by molar-refractivity contribution is 7.09. The summed E-state index contributed by atoms with van der Waals surface area (Å²) in [7, 11) is 0. The Morgan fingerprint density at radius 3 is 2.76 bits per heavy atom. The quantitative estimate of drug-likeness (QED) is 0.451. The van der Waals surface area contributed by atoms with Crippen LogP contribution in [0.2, 0.25) is 0 Å². The number of nitrogens with zero attached hydrogens (tertiary/aromatic N) is 1. The number of amides is 2. The minimum Gasteiger partial charge on any atom is -0.486 e. The molecule has 4 rings (SSSR count). The molecule has 0 aliphatic rings. The van der Waals surface area contributed by atoms with Crippen molar-refractivity contribution in [1.29, 1.82) is 0 Å². The van der Waals surface area contributed by atoms with Crippen LogP contribution in [0.5, 0.6) is 5.75 Å². The Balaban J connectivity index is 1.76. The largest absolute Gasteiger partial charge is 0.486 e. The number of thiazole rings is 1. The maximum Gasteiger partial charge on any atom is 0.250 e. The van der Waals surface area contributed by atoms with Gasteiger partial charge >= 0.3 is 0 Å². The second-order valence-electron chi connectivity index (χ2n) is 6.39. The van der Waals surface area contributed by atoms with Crippen LogP contribution in [-0.4, -0.2) is 21.8 Å². The zero-order valence-corrected chi connectivity index (χ0v) is 16.4. The Hall–Kier alpha value is -3.65. The molecule has 0 saturated carbocycles. The number of hydrogen-bond donors (Lipinski definition) is 3. The third-order valence-corrected chi connectivity index (χ3v) is 5.18. The van der Waals surface area contributed by atoms with Gasteiger partial charge in [0.2, 0.25) is 5.91 Å². The smallest absolute Gasteiger partial charge is 0.250 e. The van der Waals surface area contributed by atoms with Gasteiger partial charge in [-0.2, -0.15) is 0 Å². The van der Waals surface area contributed by atoms with E-state index in [9.17, 15) is 9.59 Å². The minimum atomic E-state index is -0.503. The maximum atomic E-state index is 11.8. The van der Waals surface area contributed by atoms with E-state index in [1.54, 1.807) is 24.5 Å². The Labute approximate surface area is 170 Å². The lowest BCUT2D eigenvalue weighted by molar-refractivity contribution is -0.114. The van der Waals surface area contributed by atoms with Crippen LogP contribution in [0.4, 0.5) is 5.69 Å². The van der Waals surface area contributed by atoms with Gasteiger partial charge in [0.25, 0.3) is 5.91 Å². The molecule has 0 unspecified atom stereocenters. The zero-order chi connectivity index (χ0) is 20.4. The van der Waals surface area contributed by atoms with E-state index in [0.29, 0.717) is 29.1 Å². The van der Waals surface area contributed by atoms with Crippen LogP contribution < -0.4 is 15.8 Å². The van der Waals surface area contributed by atoms with Crippen molar-refractivity contribution in [2.45, 2.75) is 13.5 Å². The molecule has 0 spiro atoms. The average Bonchev–Trinajstić information content (AvgIpc) is 3.37. The summed E-state index contributed by atoms with van der Waals surface area (Å²) in [5.74, 6) is -0.0776. The van der Waals surface area contributed by atoms with Crippen LogP contribution >= 0.6 is 11.3 Å². The second-order valence-corrected chi connectivity index (χ2v) is 7.37. The summed E-state index contributed by atoms with van der Waals surface area (Å²) in [5.41, 5.74) is 8.84. The molecule has 4 aromatic rings. The van der Waals surface area contributed by atoms with Crippen LogP contribution in [0.3, 0.4) is 0 Å². The highest BCUT2D eigenvalue weighted by atomic mass is 32.1. The van der Waals surface area contributed by atoms with Gasteiger partial charge in [-0.25, -0.2) is 4.98 Å². The number of rotatable bonds is 6. The number of hydrogen-bond acceptors (Lipinski definition) is 5. The maximum absolute atomic E-state index is 11.8. The molecular formula is C21H18N4O3S. The number of aromatic amines is 1. The van der Waals surface area contributed by atoms with E-state index in [1.807, 2.05) is 29.6 Å². The first-order chi connectivity index (χ1) is 14.0. The van der Waals surface area contributed by atoms with Crippen molar-refractivity contribution >= 4 is 39.7 Å². The molecular weight excluding hydrogens is 388 g/mol. The molecule has 0 atom stereocenters. The van der Waals surface area contributed by atoms with E-state index in [0.717, 1.165) is 21.5 Å². The fourth-order valence-electron chi connectivity index (χ4n) is 3.21. The summed E-state index contributed by atoms with van der Waals surface area (Å²) >= 11 is 1.52. The van der Waals surface area contributed by atoms with E-state index in [2.05, 4.69) is 15.3 Å². The van der Waals surface area contributed by atoms with E-state index in [-0.39, 0.29) is 5.91 Å². The summed E-state index contributed by atoms with van der Waals surface area (Å²) in [6.45, 7) is 1.81. The van der Waals surface area contributed by atoms with Gasteiger partial charge in [-0.15, -0.1) is 11.3 Å². The summed E-state index contributed by atoms with van der Waals surface area (Å²) in [6, 6.07) is 10.9. The molecule has 2 heterocycles. The van der Waals surface area contributed by atoms with Crippen LogP contribution in [0, 0.1) is 0 Å². The summed E-state index contributed by atoms with van der Waals surface area (Å²) < 4.78 is 5.82. The minimum absolute atomic E-state index is 0.192. The number of fused-ring (bicyclic) bond motifs is 1. The van der Waals surface area contributed by atoms with Gasteiger partial charge < -0.3 is 20.8 Å². The summed E-state index contributed by atoms with van der Waals surface area (Å²) in [5, 5.41) is 6.46. The number of carbonyl (C=O) groups is 2. The first kappa shape index (κ1) is 18.7. The monoisotopic (exact) mass is 406 g/mol. The van der Waals surface area contributed by atoms with Crippen molar-refractivity contribution in [3.05, 3.63) is 64.7 Å². The van der Waals surface area contributed by atoms with Crippen molar-refractivity contribution in [1.82, 2.24) is 9.97 Å². The molecule has 2 aromatic heterocycles. The average molecular weight is 406 g/mol. The number of benzene rings is 2. The number of nitrogens with one attached hydrogen (secondary N) is 2.